The maximum absolute atomic E-state index is 14.0. The highest BCUT2D eigenvalue weighted by molar-refractivity contribution is 5.96. The van der Waals surface area contributed by atoms with Crippen LogP contribution in [0.1, 0.15) is 34.4 Å². The Labute approximate surface area is 254 Å². The fraction of sp³-hybridized carbons (Fsp3) is 0.242. The minimum absolute atomic E-state index is 0.0501. The normalized spacial score (nSPS) is 11.9. The number of amides is 2. The van der Waals surface area contributed by atoms with Crippen LogP contribution in [0.5, 0.6) is 0 Å². The molecule has 0 saturated carbocycles. The van der Waals surface area contributed by atoms with Crippen LogP contribution in [0.2, 0.25) is 0 Å². The van der Waals surface area contributed by atoms with E-state index >= 15 is 0 Å². The number of carbonyl (C=O) groups excluding carboxylic acids is 2. The van der Waals surface area contributed by atoms with Gasteiger partial charge in [0, 0.05) is 37.3 Å². The smallest absolute Gasteiger partial charge is 0.275 e. The number of fused-ring (bicyclic) bond motifs is 1. The van der Waals surface area contributed by atoms with E-state index in [9.17, 15) is 18.8 Å². The van der Waals surface area contributed by atoms with E-state index in [0.29, 0.717) is 34.2 Å². The van der Waals surface area contributed by atoms with E-state index in [-0.39, 0.29) is 29.9 Å². The molecule has 5 rings (SSSR count). The molecule has 1 atom stereocenters. The van der Waals surface area contributed by atoms with Crippen molar-refractivity contribution < 1.29 is 14.0 Å². The van der Waals surface area contributed by atoms with Gasteiger partial charge >= 0.3 is 0 Å². The first kappa shape index (κ1) is 30.3. The number of aromatic nitrogens is 4. The number of hydrogen-bond donors (Lipinski definition) is 2. The molecule has 0 saturated heterocycles. The van der Waals surface area contributed by atoms with Gasteiger partial charge in [0.05, 0.1) is 29.5 Å². The molecule has 11 heteroatoms. The summed E-state index contributed by atoms with van der Waals surface area (Å²) in [5, 5.41) is 6.36. The number of nitrogens with one attached hydrogen (secondary N) is 2. The van der Waals surface area contributed by atoms with Gasteiger partial charge in [-0.1, -0.05) is 12.1 Å². The van der Waals surface area contributed by atoms with Crippen LogP contribution in [-0.4, -0.2) is 63.0 Å². The van der Waals surface area contributed by atoms with Gasteiger partial charge in [0.1, 0.15) is 23.1 Å². The lowest BCUT2D eigenvalue weighted by molar-refractivity contribution is -0.117. The summed E-state index contributed by atoms with van der Waals surface area (Å²) in [6.45, 7) is 5.42. The lowest BCUT2D eigenvalue weighted by atomic mass is 10.1. The Balaban J connectivity index is 1.64. The number of rotatable bonds is 8. The van der Waals surface area contributed by atoms with E-state index in [4.69, 9.17) is 0 Å². The van der Waals surface area contributed by atoms with Crippen molar-refractivity contribution in [2.75, 3.05) is 26.5 Å². The third kappa shape index (κ3) is 6.00. The van der Waals surface area contributed by atoms with Crippen LogP contribution in [-0.2, 0) is 11.3 Å². The summed E-state index contributed by atoms with van der Waals surface area (Å²) in [6, 6.07) is 16.2. The molecule has 2 N–H and O–H groups in total. The number of aryl methyl sites for hydroxylation is 2. The van der Waals surface area contributed by atoms with Crippen molar-refractivity contribution in [3.63, 3.8) is 0 Å². The average Bonchev–Trinajstić information content (AvgIpc) is 3.33. The zero-order chi connectivity index (χ0) is 31.7. The second kappa shape index (κ2) is 12.2. The van der Waals surface area contributed by atoms with Crippen LogP contribution in [0.15, 0.2) is 71.7 Å². The molecule has 2 amide bonds. The topological polar surface area (TPSA) is 114 Å². The molecule has 3 heterocycles. The SMILES string of the molecule is CNC(C)C(=O)Nc1ccc(-c2cccc(C(=O)N(C)C)c2)n(Cc2cc(-n3cc(C)c4cc(F)ccc43)nc(C)n2)c1=O. The van der Waals surface area contributed by atoms with E-state index in [0.717, 1.165) is 16.5 Å². The summed E-state index contributed by atoms with van der Waals surface area (Å²) < 4.78 is 17.4. The standard InChI is InChI=1S/C33H34FN7O3/c1-19-17-40(29-12-10-24(34)15-26(19)29)30-16-25(36-21(3)37-30)18-41-28(22-8-7-9-23(14-22)32(43)39(5)6)13-11-27(33(41)44)38-31(42)20(2)35-4/h7-17,20,35H,18H2,1-6H3,(H,38,42). The summed E-state index contributed by atoms with van der Waals surface area (Å²) in [5.74, 6) is 0.208. The summed E-state index contributed by atoms with van der Waals surface area (Å²) in [5.41, 5.74) is 3.57. The van der Waals surface area contributed by atoms with Crippen LogP contribution in [0.4, 0.5) is 10.1 Å². The van der Waals surface area contributed by atoms with Crippen molar-refractivity contribution >= 4 is 28.4 Å². The van der Waals surface area contributed by atoms with Gasteiger partial charge in [-0.25, -0.2) is 14.4 Å². The molecular weight excluding hydrogens is 561 g/mol. The summed E-state index contributed by atoms with van der Waals surface area (Å²) >= 11 is 0. The number of benzene rings is 2. The van der Waals surface area contributed by atoms with Gasteiger partial charge in [0.25, 0.3) is 11.5 Å². The van der Waals surface area contributed by atoms with Crippen molar-refractivity contribution in [3.05, 3.63) is 106 Å². The van der Waals surface area contributed by atoms with Gasteiger partial charge in [-0.05, 0) is 81.4 Å². The number of hydrogen-bond acceptors (Lipinski definition) is 6. The molecule has 0 spiro atoms. The Hall–Kier alpha value is -5.16. The van der Waals surface area contributed by atoms with Crippen molar-refractivity contribution in [3.8, 4) is 17.1 Å². The van der Waals surface area contributed by atoms with Crippen molar-refractivity contribution in [1.82, 2.24) is 29.3 Å². The monoisotopic (exact) mass is 595 g/mol. The predicted molar refractivity (Wildman–Crippen MR) is 169 cm³/mol. The lowest BCUT2D eigenvalue weighted by Gasteiger charge is -2.18. The minimum Gasteiger partial charge on any atom is -0.345 e. The molecular formula is C33H34FN7O3. The first-order valence-electron chi connectivity index (χ1n) is 14.1. The van der Waals surface area contributed by atoms with Crippen LogP contribution < -0.4 is 16.2 Å². The quantitative estimate of drug-likeness (QED) is 0.277. The highest BCUT2D eigenvalue weighted by atomic mass is 19.1. The highest BCUT2D eigenvalue weighted by Gasteiger charge is 2.19. The number of likely N-dealkylation sites (N-methyl/N-ethyl adjacent to an activating group) is 1. The lowest BCUT2D eigenvalue weighted by Crippen LogP contribution is -2.37. The number of carbonyl (C=O) groups is 2. The third-order valence-corrected chi connectivity index (χ3v) is 7.48. The highest BCUT2D eigenvalue weighted by Crippen LogP contribution is 2.26. The summed E-state index contributed by atoms with van der Waals surface area (Å²) in [6.07, 6.45) is 1.89. The number of anilines is 1. The Kier molecular flexibility index (Phi) is 8.41. The van der Waals surface area contributed by atoms with Gasteiger partial charge in [-0.15, -0.1) is 0 Å². The second-order valence-corrected chi connectivity index (χ2v) is 10.9. The maximum Gasteiger partial charge on any atom is 0.275 e. The molecule has 44 heavy (non-hydrogen) atoms. The molecule has 0 radical (unpaired) electrons. The Morgan fingerprint density at radius 3 is 2.52 bits per heavy atom. The van der Waals surface area contributed by atoms with Crippen LogP contribution in [0.25, 0.3) is 28.0 Å². The molecule has 226 valence electrons. The molecule has 10 nitrogen and oxygen atoms in total. The molecule has 1 unspecified atom stereocenters. The molecule has 0 aliphatic heterocycles. The fourth-order valence-corrected chi connectivity index (χ4v) is 5.06. The molecule has 0 fully saturated rings. The first-order valence-corrected chi connectivity index (χ1v) is 14.1. The van der Waals surface area contributed by atoms with Crippen LogP contribution >= 0.6 is 0 Å². The third-order valence-electron chi connectivity index (χ3n) is 7.48. The first-order chi connectivity index (χ1) is 21.0. The minimum atomic E-state index is -0.517. The van der Waals surface area contributed by atoms with E-state index in [1.54, 1.807) is 77.5 Å². The number of halogens is 1. The molecule has 0 bridgehead atoms. The molecule has 0 aliphatic carbocycles. The maximum atomic E-state index is 14.0. The largest absolute Gasteiger partial charge is 0.345 e. The van der Waals surface area contributed by atoms with E-state index in [1.807, 2.05) is 23.8 Å². The van der Waals surface area contributed by atoms with Crippen LogP contribution in [0.3, 0.4) is 0 Å². The van der Waals surface area contributed by atoms with Crippen molar-refractivity contribution in [2.45, 2.75) is 33.4 Å². The number of pyridine rings is 1. The molecule has 5 aromatic rings. The van der Waals surface area contributed by atoms with Crippen LogP contribution in [0, 0.1) is 19.7 Å². The van der Waals surface area contributed by atoms with E-state index < -0.39 is 11.6 Å². The molecule has 2 aromatic carbocycles. The summed E-state index contributed by atoms with van der Waals surface area (Å²) in [7, 11) is 5.01. The Morgan fingerprint density at radius 1 is 1.02 bits per heavy atom. The molecule has 0 aliphatic rings. The summed E-state index contributed by atoms with van der Waals surface area (Å²) in [4.78, 5) is 50.1. The zero-order valence-electron chi connectivity index (χ0n) is 25.5. The van der Waals surface area contributed by atoms with E-state index in [2.05, 4.69) is 20.6 Å². The van der Waals surface area contributed by atoms with Gasteiger partial charge in [0.15, 0.2) is 0 Å². The van der Waals surface area contributed by atoms with E-state index in [1.165, 1.54) is 21.6 Å². The van der Waals surface area contributed by atoms with Gasteiger partial charge < -0.3 is 24.7 Å². The Bertz CT molecular complexity index is 1960. The fourth-order valence-electron chi connectivity index (χ4n) is 5.06. The number of nitrogens with zero attached hydrogens (tertiary/aromatic N) is 5. The Morgan fingerprint density at radius 2 is 1.80 bits per heavy atom. The van der Waals surface area contributed by atoms with Crippen molar-refractivity contribution in [1.29, 1.82) is 0 Å². The van der Waals surface area contributed by atoms with Gasteiger partial charge in [-0.3, -0.25) is 14.4 Å². The van der Waals surface area contributed by atoms with Crippen molar-refractivity contribution in [2.24, 2.45) is 0 Å². The average molecular weight is 596 g/mol. The zero-order valence-corrected chi connectivity index (χ0v) is 25.5. The molecule has 3 aromatic heterocycles. The second-order valence-electron chi connectivity index (χ2n) is 10.9. The van der Waals surface area contributed by atoms with Gasteiger partial charge in [0.2, 0.25) is 5.91 Å². The van der Waals surface area contributed by atoms with Gasteiger partial charge in [-0.2, -0.15) is 0 Å². The predicted octanol–water partition coefficient (Wildman–Crippen LogP) is 4.30.